The number of aryl methyl sites for hydroxylation is 1. The van der Waals surface area contributed by atoms with Crippen LogP contribution in [0, 0.1) is 6.92 Å². The summed E-state index contributed by atoms with van der Waals surface area (Å²) in [5.74, 6) is 1.17. The lowest BCUT2D eigenvalue weighted by atomic mass is 9.61. The van der Waals surface area contributed by atoms with Gasteiger partial charge in [0.25, 0.3) is 5.56 Å². The van der Waals surface area contributed by atoms with Gasteiger partial charge in [0.15, 0.2) is 0 Å². The highest BCUT2D eigenvalue weighted by Crippen LogP contribution is 2.48. The van der Waals surface area contributed by atoms with E-state index < -0.39 is 5.41 Å². The van der Waals surface area contributed by atoms with Gasteiger partial charge in [-0.25, -0.2) is 4.99 Å². The second-order valence-electron chi connectivity index (χ2n) is 8.74. The van der Waals surface area contributed by atoms with Crippen LogP contribution in [0.2, 0.25) is 0 Å². The number of aliphatic imine (C=N–C) groups is 1. The lowest BCUT2D eigenvalue weighted by Crippen LogP contribution is -2.41. The molecular formula is C28H29N3O3. The lowest BCUT2D eigenvalue weighted by Gasteiger charge is -2.41. The molecule has 1 aromatic heterocycles. The number of rotatable bonds is 7. The van der Waals surface area contributed by atoms with Crippen LogP contribution >= 0.6 is 0 Å². The average Bonchev–Trinajstić information content (AvgIpc) is 2.78. The lowest BCUT2D eigenvalue weighted by molar-refractivity contribution is -0.125. The highest BCUT2D eigenvalue weighted by Gasteiger charge is 2.44. The van der Waals surface area contributed by atoms with Gasteiger partial charge in [-0.05, 0) is 80.4 Å². The maximum atomic E-state index is 12.8. The third-order valence-corrected chi connectivity index (χ3v) is 6.62. The number of carbonyl (C=O) groups excluding carboxylic acids is 1. The Labute approximate surface area is 199 Å². The monoisotopic (exact) mass is 455 g/mol. The van der Waals surface area contributed by atoms with Crippen molar-refractivity contribution in [3.05, 3.63) is 100 Å². The second-order valence-corrected chi connectivity index (χ2v) is 8.74. The minimum Gasteiger partial charge on any atom is -0.457 e. The minimum atomic E-state index is -0.532. The fourth-order valence-electron chi connectivity index (χ4n) is 4.43. The van der Waals surface area contributed by atoms with Gasteiger partial charge in [-0.1, -0.05) is 24.6 Å². The molecule has 6 nitrogen and oxygen atoms in total. The SMILES string of the molecule is CC(=O)C1(c2cc(C(C=CN)=Nc3ccccc3)cc(Oc3ccn(C)c(=O)c3)c2C)CCC1. The predicted molar refractivity (Wildman–Crippen MR) is 135 cm³/mol. The number of para-hydroxylation sites is 1. The molecule has 0 spiro atoms. The molecular weight excluding hydrogens is 426 g/mol. The van der Waals surface area contributed by atoms with Crippen molar-refractivity contribution in [1.29, 1.82) is 0 Å². The van der Waals surface area contributed by atoms with Gasteiger partial charge in [-0.3, -0.25) is 9.59 Å². The van der Waals surface area contributed by atoms with Gasteiger partial charge < -0.3 is 15.0 Å². The summed E-state index contributed by atoms with van der Waals surface area (Å²) >= 11 is 0. The number of allylic oxidation sites excluding steroid dienone is 1. The smallest absolute Gasteiger partial charge is 0.253 e. The van der Waals surface area contributed by atoms with Crippen molar-refractivity contribution >= 4 is 17.2 Å². The molecule has 1 aliphatic rings. The first-order valence-corrected chi connectivity index (χ1v) is 11.4. The Hall–Kier alpha value is -3.93. The molecule has 174 valence electrons. The van der Waals surface area contributed by atoms with Crippen LogP contribution in [0.4, 0.5) is 5.69 Å². The molecule has 3 aromatic rings. The molecule has 0 amide bonds. The Morgan fingerprint density at radius 3 is 2.47 bits per heavy atom. The van der Waals surface area contributed by atoms with Crippen molar-refractivity contribution in [3.63, 3.8) is 0 Å². The van der Waals surface area contributed by atoms with Gasteiger partial charge in [0.05, 0.1) is 16.8 Å². The number of Topliss-reactive ketones (excluding diaryl/α,β-unsaturated/α-hetero) is 1. The summed E-state index contributed by atoms with van der Waals surface area (Å²) in [6, 6.07) is 16.7. The Morgan fingerprint density at radius 1 is 1.15 bits per heavy atom. The maximum absolute atomic E-state index is 12.8. The Bertz CT molecular complexity index is 1330. The molecule has 1 heterocycles. The summed E-state index contributed by atoms with van der Waals surface area (Å²) < 4.78 is 7.70. The van der Waals surface area contributed by atoms with E-state index in [1.165, 1.54) is 16.8 Å². The van der Waals surface area contributed by atoms with Crippen LogP contribution in [0.3, 0.4) is 0 Å². The molecule has 2 N–H and O–H groups in total. The van der Waals surface area contributed by atoms with E-state index >= 15 is 0 Å². The van der Waals surface area contributed by atoms with Crippen molar-refractivity contribution in [3.8, 4) is 11.5 Å². The summed E-state index contributed by atoms with van der Waals surface area (Å²) in [5, 5.41) is 0. The predicted octanol–water partition coefficient (Wildman–Crippen LogP) is 5.09. The molecule has 0 atom stereocenters. The number of aromatic nitrogens is 1. The highest BCUT2D eigenvalue weighted by atomic mass is 16.5. The minimum absolute atomic E-state index is 0.148. The van der Waals surface area contributed by atoms with Crippen LogP contribution in [-0.2, 0) is 17.3 Å². The molecule has 1 aliphatic carbocycles. The first-order chi connectivity index (χ1) is 16.3. The number of nitrogens with two attached hydrogens (primary N) is 1. The summed E-state index contributed by atoms with van der Waals surface area (Å²) in [4.78, 5) is 29.7. The number of pyridine rings is 1. The molecule has 0 radical (unpaired) electrons. The first kappa shape index (κ1) is 23.2. The fraction of sp³-hybridized carbons (Fsp3) is 0.250. The van der Waals surface area contributed by atoms with E-state index in [4.69, 9.17) is 15.5 Å². The molecule has 1 saturated carbocycles. The number of ether oxygens (including phenoxy) is 1. The average molecular weight is 456 g/mol. The molecule has 0 aliphatic heterocycles. The highest BCUT2D eigenvalue weighted by molar-refractivity contribution is 6.10. The maximum Gasteiger partial charge on any atom is 0.253 e. The van der Waals surface area contributed by atoms with Crippen LogP contribution in [0.15, 0.2) is 82.9 Å². The molecule has 1 fully saturated rings. The van der Waals surface area contributed by atoms with Gasteiger partial charge in [-0.2, -0.15) is 0 Å². The van der Waals surface area contributed by atoms with Crippen molar-refractivity contribution in [2.75, 3.05) is 0 Å². The summed E-state index contributed by atoms with van der Waals surface area (Å²) in [7, 11) is 1.69. The van der Waals surface area contributed by atoms with E-state index in [1.807, 2.05) is 49.4 Å². The second kappa shape index (κ2) is 9.51. The van der Waals surface area contributed by atoms with Crippen molar-refractivity contribution in [1.82, 2.24) is 4.57 Å². The molecule has 6 heteroatoms. The number of hydrogen-bond donors (Lipinski definition) is 1. The standard InChI is InChI=1S/C28H29N3O3/c1-19-24(28(20(2)32)12-7-13-28)16-21(25(10-14-29)30-22-8-5-4-6-9-22)17-26(19)34-23-11-15-31(3)27(33)18-23/h4-6,8-11,14-18H,7,12-13,29H2,1-3H3. The molecule has 0 bridgehead atoms. The van der Waals surface area contributed by atoms with Gasteiger partial charge in [-0.15, -0.1) is 0 Å². The molecule has 4 rings (SSSR count). The number of nitrogens with zero attached hydrogens (tertiary/aromatic N) is 2. The van der Waals surface area contributed by atoms with E-state index in [1.54, 1.807) is 32.3 Å². The number of ketones is 1. The van der Waals surface area contributed by atoms with E-state index in [0.29, 0.717) is 17.2 Å². The van der Waals surface area contributed by atoms with Crippen molar-refractivity contribution < 1.29 is 9.53 Å². The summed E-state index contributed by atoms with van der Waals surface area (Å²) in [6.07, 6.45) is 7.46. The van der Waals surface area contributed by atoms with Crippen LogP contribution < -0.4 is 16.0 Å². The quantitative estimate of drug-likeness (QED) is 0.503. The third-order valence-electron chi connectivity index (χ3n) is 6.62. The number of carbonyl (C=O) groups is 1. The number of hydrogen-bond acceptors (Lipinski definition) is 5. The zero-order chi connectivity index (χ0) is 24.3. The number of benzene rings is 2. The molecule has 0 saturated heterocycles. The van der Waals surface area contributed by atoms with Gasteiger partial charge in [0.1, 0.15) is 17.3 Å². The van der Waals surface area contributed by atoms with Gasteiger partial charge in [0, 0.05) is 24.9 Å². The van der Waals surface area contributed by atoms with E-state index in [-0.39, 0.29) is 11.3 Å². The summed E-state index contributed by atoms with van der Waals surface area (Å²) in [6.45, 7) is 3.62. The zero-order valence-corrected chi connectivity index (χ0v) is 19.7. The molecule has 34 heavy (non-hydrogen) atoms. The van der Waals surface area contributed by atoms with Gasteiger partial charge in [0.2, 0.25) is 0 Å². The van der Waals surface area contributed by atoms with E-state index in [0.717, 1.165) is 41.6 Å². The van der Waals surface area contributed by atoms with Crippen LogP contribution in [0.1, 0.15) is 42.9 Å². The first-order valence-electron chi connectivity index (χ1n) is 11.4. The van der Waals surface area contributed by atoms with Crippen LogP contribution in [-0.4, -0.2) is 16.1 Å². The third kappa shape index (κ3) is 4.44. The molecule has 2 aromatic carbocycles. The normalized spacial score (nSPS) is 15.2. The van der Waals surface area contributed by atoms with Crippen LogP contribution in [0.5, 0.6) is 11.5 Å². The Balaban J connectivity index is 1.90. The Morgan fingerprint density at radius 2 is 1.88 bits per heavy atom. The molecule has 0 unspecified atom stereocenters. The van der Waals surface area contributed by atoms with Crippen molar-refractivity contribution in [2.45, 2.75) is 38.5 Å². The van der Waals surface area contributed by atoms with E-state index in [2.05, 4.69) is 0 Å². The Kier molecular flexibility index (Phi) is 6.50. The summed E-state index contributed by atoms with van der Waals surface area (Å²) in [5.41, 5.74) is 9.13. The fourth-order valence-corrected chi connectivity index (χ4v) is 4.43. The zero-order valence-electron chi connectivity index (χ0n) is 19.7. The van der Waals surface area contributed by atoms with Gasteiger partial charge >= 0.3 is 0 Å². The largest absolute Gasteiger partial charge is 0.457 e. The van der Waals surface area contributed by atoms with E-state index in [9.17, 15) is 9.59 Å². The topological polar surface area (TPSA) is 86.7 Å². The van der Waals surface area contributed by atoms with Crippen LogP contribution in [0.25, 0.3) is 0 Å². The van der Waals surface area contributed by atoms with Crippen molar-refractivity contribution in [2.24, 2.45) is 17.8 Å².